The quantitative estimate of drug-likeness (QED) is 0.633. The molecule has 2 fully saturated rings. The second-order valence-corrected chi connectivity index (χ2v) is 8.79. The van der Waals surface area contributed by atoms with Gasteiger partial charge in [-0.3, -0.25) is 9.59 Å². The first-order valence-corrected chi connectivity index (χ1v) is 11.4. The van der Waals surface area contributed by atoms with Crippen LogP contribution in [0.25, 0.3) is 16.9 Å². The monoisotopic (exact) mass is 428 g/mol. The van der Waals surface area contributed by atoms with Crippen molar-refractivity contribution >= 4 is 11.8 Å². The average Bonchev–Trinajstić information content (AvgIpc) is 3.24. The predicted octanol–water partition coefficient (Wildman–Crippen LogP) is 3.93. The van der Waals surface area contributed by atoms with Crippen molar-refractivity contribution in [3.8, 4) is 16.9 Å². The number of aryl methyl sites for hydroxylation is 1. The van der Waals surface area contributed by atoms with E-state index < -0.39 is 0 Å². The van der Waals surface area contributed by atoms with Gasteiger partial charge in [0.1, 0.15) is 5.69 Å². The Morgan fingerprint density at radius 1 is 0.906 bits per heavy atom. The summed E-state index contributed by atoms with van der Waals surface area (Å²) >= 11 is 0. The molecule has 5 rings (SSSR count). The van der Waals surface area contributed by atoms with Crippen LogP contribution >= 0.6 is 0 Å². The third-order valence-electron chi connectivity index (χ3n) is 6.59. The zero-order valence-corrected chi connectivity index (χ0v) is 18.4. The van der Waals surface area contributed by atoms with Gasteiger partial charge in [-0.1, -0.05) is 48.4 Å². The molecule has 1 aliphatic carbocycles. The molecule has 6 heteroatoms. The Morgan fingerprint density at radius 2 is 1.62 bits per heavy atom. The van der Waals surface area contributed by atoms with Gasteiger partial charge in [-0.25, -0.2) is 4.68 Å². The van der Waals surface area contributed by atoms with Crippen LogP contribution in [0.5, 0.6) is 0 Å². The van der Waals surface area contributed by atoms with Crippen molar-refractivity contribution in [3.05, 3.63) is 71.9 Å². The van der Waals surface area contributed by atoms with Crippen LogP contribution in [0.15, 0.2) is 60.8 Å². The maximum Gasteiger partial charge on any atom is 0.257 e. The summed E-state index contributed by atoms with van der Waals surface area (Å²) in [6.07, 6.45) is 5.01. The smallest absolute Gasteiger partial charge is 0.257 e. The Balaban J connectivity index is 1.41. The molecule has 2 aliphatic rings. The number of aromatic nitrogens is 2. The predicted molar refractivity (Wildman–Crippen MR) is 124 cm³/mol. The van der Waals surface area contributed by atoms with Crippen LogP contribution in [-0.2, 0) is 4.79 Å². The van der Waals surface area contributed by atoms with E-state index in [2.05, 4.69) is 6.07 Å². The van der Waals surface area contributed by atoms with Crippen LogP contribution in [0.4, 0.5) is 0 Å². The van der Waals surface area contributed by atoms with E-state index in [1.807, 2.05) is 71.5 Å². The number of amides is 2. The van der Waals surface area contributed by atoms with Crippen LogP contribution in [0, 0.1) is 12.8 Å². The number of rotatable bonds is 4. The summed E-state index contributed by atoms with van der Waals surface area (Å²) in [4.78, 5) is 29.9. The van der Waals surface area contributed by atoms with E-state index in [0.29, 0.717) is 37.4 Å². The first-order valence-electron chi connectivity index (χ1n) is 11.4. The number of hydrogen-bond acceptors (Lipinski definition) is 3. The van der Waals surface area contributed by atoms with Gasteiger partial charge in [0.25, 0.3) is 5.91 Å². The lowest BCUT2D eigenvalue weighted by Crippen LogP contribution is -2.52. The SMILES string of the molecule is Cc1cccc(-c2nn(-c3ccccc3)cc2C(=O)N2CCN(C(=O)C3CCC3)CC2)c1. The molecule has 0 spiro atoms. The van der Waals surface area contributed by atoms with Gasteiger partial charge in [0.05, 0.1) is 11.3 Å². The van der Waals surface area contributed by atoms with Crippen LogP contribution in [0.1, 0.15) is 35.2 Å². The van der Waals surface area contributed by atoms with E-state index in [1.54, 1.807) is 4.68 Å². The van der Waals surface area contributed by atoms with Gasteiger partial charge >= 0.3 is 0 Å². The van der Waals surface area contributed by atoms with Crippen molar-refractivity contribution in [2.45, 2.75) is 26.2 Å². The molecule has 32 heavy (non-hydrogen) atoms. The highest BCUT2D eigenvalue weighted by atomic mass is 16.2. The second kappa shape index (κ2) is 8.61. The molecule has 164 valence electrons. The zero-order valence-electron chi connectivity index (χ0n) is 18.4. The fourth-order valence-corrected chi connectivity index (χ4v) is 4.46. The number of benzene rings is 2. The summed E-state index contributed by atoms with van der Waals surface area (Å²) in [6.45, 7) is 4.36. The number of hydrogen-bond donors (Lipinski definition) is 0. The zero-order chi connectivity index (χ0) is 22.1. The molecule has 0 unspecified atom stereocenters. The lowest BCUT2D eigenvalue weighted by atomic mass is 9.84. The van der Waals surface area contributed by atoms with Gasteiger partial charge in [-0.15, -0.1) is 0 Å². The van der Waals surface area contributed by atoms with E-state index in [1.165, 1.54) is 0 Å². The Labute approximate surface area is 188 Å². The molecule has 1 aliphatic heterocycles. The van der Waals surface area contributed by atoms with Crippen molar-refractivity contribution in [1.29, 1.82) is 0 Å². The molecule has 1 aromatic heterocycles. The summed E-state index contributed by atoms with van der Waals surface area (Å²) < 4.78 is 1.78. The minimum Gasteiger partial charge on any atom is -0.339 e. The maximum absolute atomic E-state index is 13.6. The van der Waals surface area contributed by atoms with Gasteiger partial charge < -0.3 is 9.80 Å². The second-order valence-electron chi connectivity index (χ2n) is 8.79. The number of piperazine rings is 1. The summed E-state index contributed by atoms with van der Waals surface area (Å²) in [7, 11) is 0. The van der Waals surface area contributed by atoms with Crippen LogP contribution < -0.4 is 0 Å². The minimum absolute atomic E-state index is 0.0283. The standard InChI is InChI=1S/C26H28N4O2/c1-19-7-5-10-21(17-19)24-23(18-30(27-24)22-11-3-2-4-12-22)26(32)29-15-13-28(14-16-29)25(31)20-8-6-9-20/h2-5,7,10-12,17-18,20H,6,8-9,13-16H2,1H3. The molecule has 1 saturated heterocycles. The average molecular weight is 429 g/mol. The molecule has 0 atom stereocenters. The first-order chi connectivity index (χ1) is 15.6. The third kappa shape index (κ3) is 3.93. The van der Waals surface area contributed by atoms with Gasteiger partial charge in [0, 0.05) is 43.9 Å². The van der Waals surface area contributed by atoms with Crippen LogP contribution in [0.2, 0.25) is 0 Å². The lowest BCUT2D eigenvalue weighted by Gasteiger charge is -2.38. The summed E-state index contributed by atoms with van der Waals surface area (Å²) in [5, 5.41) is 4.80. The highest BCUT2D eigenvalue weighted by molar-refractivity contribution is 6.00. The van der Waals surface area contributed by atoms with E-state index >= 15 is 0 Å². The van der Waals surface area contributed by atoms with Crippen LogP contribution in [0.3, 0.4) is 0 Å². The first kappa shape index (κ1) is 20.5. The summed E-state index contributed by atoms with van der Waals surface area (Å²) in [5.74, 6) is 0.439. The Hall–Kier alpha value is -3.41. The molecular weight excluding hydrogens is 400 g/mol. The fraction of sp³-hybridized carbons (Fsp3) is 0.346. The number of carbonyl (C=O) groups excluding carboxylic acids is 2. The molecule has 3 aromatic rings. The molecule has 6 nitrogen and oxygen atoms in total. The number of para-hydroxylation sites is 1. The Bertz CT molecular complexity index is 1130. The molecular formula is C26H28N4O2. The molecule has 2 amide bonds. The minimum atomic E-state index is -0.0283. The number of carbonyl (C=O) groups is 2. The van der Waals surface area contributed by atoms with Crippen molar-refractivity contribution in [3.63, 3.8) is 0 Å². The lowest BCUT2D eigenvalue weighted by molar-refractivity contribution is -0.139. The molecule has 2 aromatic carbocycles. The highest BCUT2D eigenvalue weighted by Gasteiger charge is 2.33. The largest absolute Gasteiger partial charge is 0.339 e. The van der Waals surface area contributed by atoms with Gasteiger partial charge in [-0.05, 0) is 38.0 Å². The molecule has 2 heterocycles. The van der Waals surface area contributed by atoms with Crippen molar-refractivity contribution in [2.24, 2.45) is 5.92 Å². The van der Waals surface area contributed by atoms with Crippen molar-refractivity contribution in [1.82, 2.24) is 19.6 Å². The number of nitrogens with zero attached hydrogens (tertiary/aromatic N) is 4. The van der Waals surface area contributed by atoms with E-state index in [-0.39, 0.29) is 17.7 Å². The molecule has 0 N–H and O–H groups in total. The van der Waals surface area contributed by atoms with Gasteiger partial charge in [0.15, 0.2) is 0 Å². The van der Waals surface area contributed by atoms with E-state index in [0.717, 1.165) is 36.1 Å². The normalized spacial score (nSPS) is 16.7. The summed E-state index contributed by atoms with van der Waals surface area (Å²) in [5.41, 5.74) is 4.25. The molecule has 1 saturated carbocycles. The molecule has 0 radical (unpaired) electrons. The highest BCUT2D eigenvalue weighted by Crippen LogP contribution is 2.29. The Kier molecular flexibility index (Phi) is 5.52. The topological polar surface area (TPSA) is 58.4 Å². The van der Waals surface area contributed by atoms with Crippen molar-refractivity contribution in [2.75, 3.05) is 26.2 Å². The van der Waals surface area contributed by atoms with Crippen LogP contribution in [-0.4, -0.2) is 57.6 Å². The van der Waals surface area contributed by atoms with Gasteiger partial charge in [0.2, 0.25) is 5.91 Å². The summed E-state index contributed by atoms with van der Waals surface area (Å²) in [6, 6.07) is 17.9. The third-order valence-corrected chi connectivity index (χ3v) is 6.59. The fourth-order valence-electron chi connectivity index (χ4n) is 4.46. The van der Waals surface area contributed by atoms with Gasteiger partial charge in [-0.2, -0.15) is 5.10 Å². The van der Waals surface area contributed by atoms with E-state index in [4.69, 9.17) is 5.10 Å². The Morgan fingerprint density at radius 3 is 2.28 bits per heavy atom. The van der Waals surface area contributed by atoms with Crippen molar-refractivity contribution < 1.29 is 9.59 Å². The van der Waals surface area contributed by atoms with E-state index in [9.17, 15) is 9.59 Å². The molecule has 0 bridgehead atoms. The maximum atomic E-state index is 13.6.